The molecule has 8 heteroatoms. The highest BCUT2D eigenvalue weighted by Crippen LogP contribution is 2.31. The molecule has 1 aliphatic heterocycles. The van der Waals surface area contributed by atoms with Crippen LogP contribution in [-0.2, 0) is 0 Å². The summed E-state index contributed by atoms with van der Waals surface area (Å²) in [5.41, 5.74) is 6.28. The number of nitrogens with zero attached hydrogens (tertiary/aromatic N) is 3. The number of rotatable bonds is 4. The van der Waals surface area contributed by atoms with E-state index in [4.69, 9.17) is 5.73 Å². The number of aryl methyl sites for hydroxylation is 1. The smallest absolute Gasteiger partial charge is 0.292 e. The van der Waals surface area contributed by atoms with Crippen molar-refractivity contribution >= 4 is 33.6 Å². The van der Waals surface area contributed by atoms with Crippen LogP contribution < -0.4 is 10.6 Å². The normalized spacial score (nSPS) is 14.2. The lowest BCUT2D eigenvalue weighted by Crippen LogP contribution is -2.17. The van der Waals surface area contributed by atoms with E-state index in [0.29, 0.717) is 10.6 Å². The van der Waals surface area contributed by atoms with Gasteiger partial charge in [0.2, 0.25) is 5.78 Å². The van der Waals surface area contributed by atoms with Crippen molar-refractivity contribution in [2.24, 2.45) is 0 Å². The van der Waals surface area contributed by atoms with E-state index in [1.165, 1.54) is 29.5 Å². The predicted octanol–water partition coefficient (Wildman–Crippen LogP) is 2.77. The molecule has 0 radical (unpaired) electrons. The van der Waals surface area contributed by atoms with E-state index < -0.39 is 4.92 Å². The first kappa shape index (κ1) is 15.4. The monoisotopic (exact) mass is 332 g/mol. The van der Waals surface area contributed by atoms with Gasteiger partial charge in [0.05, 0.1) is 15.5 Å². The zero-order valence-electron chi connectivity index (χ0n) is 12.6. The Morgan fingerprint density at radius 2 is 2.09 bits per heavy atom. The number of aromatic nitrogens is 1. The highest BCUT2D eigenvalue weighted by molar-refractivity contribution is 7.17. The Hall–Kier alpha value is -2.48. The summed E-state index contributed by atoms with van der Waals surface area (Å²) in [6, 6.07) is 4.13. The predicted molar refractivity (Wildman–Crippen MR) is 89.2 cm³/mol. The molecule has 1 aromatic carbocycles. The molecule has 0 unspecified atom stereocenters. The first-order valence-corrected chi connectivity index (χ1v) is 8.10. The van der Waals surface area contributed by atoms with Gasteiger partial charge < -0.3 is 10.6 Å². The van der Waals surface area contributed by atoms with Crippen LogP contribution in [-0.4, -0.2) is 28.8 Å². The minimum Gasteiger partial charge on any atom is -0.393 e. The van der Waals surface area contributed by atoms with E-state index in [9.17, 15) is 14.9 Å². The van der Waals surface area contributed by atoms with Gasteiger partial charge in [0.1, 0.15) is 5.69 Å². The number of ketones is 1. The van der Waals surface area contributed by atoms with Crippen LogP contribution in [0, 0.1) is 17.0 Å². The second kappa shape index (κ2) is 5.96. The first-order chi connectivity index (χ1) is 11.0. The maximum Gasteiger partial charge on any atom is 0.292 e. The lowest BCUT2D eigenvalue weighted by Gasteiger charge is -2.12. The van der Waals surface area contributed by atoms with Gasteiger partial charge in [-0.2, -0.15) is 0 Å². The van der Waals surface area contributed by atoms with Crippen molar-refractivity contribution in [2.45, 2.75) is 19.8 Å². The van der Waals surface area contributed by atoms with Crippen LogP contribution in [0.4, 0.5) is 16.5 Å². The number of nitrogens with two attached hydrogens (primary N) is 1. The number of hydrogen-bond acceptors (Lipinski definition) is 7. The van der Waals surface area contributed by atoms with E-state index in [0.717, 1.165) is 31.1 Å². The number of nitrogen functional groups attached to an aromatic ring is 1. The minimum atomic E-state index is -0.582. The van der Waals surface area contributed by atoms with Gasteiger partial charge in [0.15, 0.2) is 5.13 Å². The molecule has 2 N–H and O–H groups in total. The van der Waals surface area contributed by atoms with E-state index in [1.54, 1.807) is 6.92 Å². The fourth-order valence-electron chi connectivity index (χ4n) is 2.61. The summed E-state index contributed by atoms with van der Waals surface area (Å²) in [7, 11) is 0. The summed E-state index contributed by atoms with van der Waals surface area (Å²) in [5.74, 6) is -0.256. The molecule has 120 valence electrons. The number of nitro benzene ring substituents is 1. The Balaban J connectivity index is 1.94. The Kier molecular flexibility index (Phi) is 3.99. The molecule has 1 fully saturated rings. The van der Waals surface area contributed by atoms with Crippen LogP contribution in [0.3, 0.4) is 0 Å². The van der Waals surface area contributed by atoms with Gasteiger partial charge in [0, 0.05) is 24.7 Å². The van der Waals surface area contributed by atoms with E-state index in [2.05, 4.69) is 9.88 Å². The summed E-state index contributed by atoms with van der Waals surface area (Å²) in [5, 5.41) is 11.8. The van der Waals surface area contributed by atoms with Crippen molar-refractivity contribution in [3.63, 3.8) is 0 Å². The molecule has 0 atom stereocenters. The number of anilines is 2. The Labute approximate surface area is 136 Å². The number of carbonyl (C=O) groups is 1. The van der Waals surface area contributed by atoms with Gasteiger partial charge in [0.25, 0.3) is 5.69 Å². The Morgan fingerprint density at radius 3 is 2.74 bits per heavy atom. The van der Waals surface area contributed by atoms with E-state index in [1.807, 2.05) is 0 Å². The molecular formula is C15H16N4O3S. The number of carbonyl (C=O) groups excluding carboxylic acids is 1. The van der Waals surface area contributed by atoms with Gasteiger partial charge in [-0.15, -0.1) is 0 Å². The van der Waals surface area contributed by atoms with E-state index >= 15 is 0 Å². The molecule has 0 amide bonds. The molecule has 1 saturated heterocycles. The Bertz CT molecular complexity index is 781. The first-order valence-electron chi connectivity index (χ1n) is 7.28. The average molecular weight is 332 g/mol. The van der Waals surface area contributed by atoms with Crippen LogP contribution in [0.2, 0.25) is 0 Å². The molecule has 0 saturated carbocycles. The van der Waals surface area contributed by atoms with Gasteiger partial charge in [-0.3, -0.25) is 14.9 Å². The number of thiazole rings is 1. The summed E-state index contributed by atoms with van der Waals surface area (Å²) in [6.07, 6.45) is 2.26. The average Bonchev–Trinajstić information content (AvgIpc) is 3.16. The van der Waals surface area contributed by atoms with Gasteiger partial charge in [-0.25, -0.2) is 4.98 Å². The third-order valence-corrected chi connectivity index (χ3v) is 5.07. The van der Waals surface area contributed by atoms with Gasteiger partial charge >= 0.3 is 0 Å². The quantitative estimate of drug-likeness (QED) is 0.400. The summed E-state index contributed by atoms with van der Waals surface area (Å²) < 4.78 is 0. The summed E-state index contributed by atoms with van der Waals surface area (Å²) in [6.45, 7) is 3.69. The lowest BCUT2D eigenvalue weighted by atomic mass is 10.1. The molecule has 7 nitrogen and oxygen atoms in total. The third-order valence-electron chi connectivity index (χ3n) is 3.86. The van der Waals surface area contributed by atoms with Crippen LogP contribution in [0.25, 0.3) is 0 Å². The van der Waals surface area contributed by atoms with Crippen LogP contribution in [0.1, 0.15) is 33.8 Å². The van der Waals surface area contributed by atoms with Crippen LogP contribution in [0.15, 0.2) is 18.2 Å². The maximum atomic E-state index is 12.7. The molecule has 2 aromatic rings. The third kappa shape index (κ3) is 2.89. The summed E-state index contributed by atoms with van der Waals surface area (Å²) >= 11 is 1.34. The molecule has 3 rings (SSSR count). The maximum absolute atomic E-state index is 12.7. The second-order valence-electron chi connectivity index (χ2n) is 5.46. The number of hydrogen-bond donors (Lipinski definition) is 1. The van der Waals surface area contributed by atoms with E-state index in [-0.39, 0.29) is 22.7 Å². The largest absolute Gasteiger partial charge is 0.393 e. The highest BCUT2D eigenvalue weighted by Gasteiger charge is 2.23. The highest BCUT2D eigenvalue weighted by atomic mass is 32.1. The SMILES string of the molecule is Cc1nc(N2CCCC2)sc1C(=O)c1ccc(N)c([N+](=O)[O-])c1. The van der Waals surface area contributed by atoms with Crippen molar-refractivity contribution < 1.29 is 9.72 Å². The topological polar surface area (TPSA) is 102 Å². The fraction of sp³-hybridized carbons (Fsp3) is 0.333. The van der Waals surface area contributed by atoms with Crippen molar-refractivity contribution in [3.05, 3.63) is 44.4 Å². The fourth-order valence-corrected chi connectivity index (χ4v) is 3.69. The molecule has 0 bridgehead atoms. The molecule has 0 aliphatic carbocycles. The van der Waals surface area contributed by atoms with Crippen molar-refractivity contribution in [1.82, 2.24) is 4.98 Å². The van der Waals surface area contributed by atoms with Crippen LogP contribution in [0.5, 0.6) is 0 Å². The number of benzene rings is 1. The molecular weight excluding hydrogens is 316 g/mol. The standard InChI is InChI=1S/C15H16N4O3S/c1-9-14(23-15(17-9)18-6-2-3-7-18)13(20)10-4-5-11(16)12(8-10)19(21)22/h4-5,8H,2-3,6-7,16H2,1H3. The number of nitro groups is 1. The molecule has 1 aliphatic rings. The zero-order chi connectivity index (χ0) is 16.6. The zero-order valence-corrected chi connectivity index (χ0v) is 13.4. The van der Waals surface area contributed by atoms with Crippen LogP contribution >= 0.6 is 11.3 Å². The molecule has 23 heavy (non-hydrogen) atoms. The van der Waals surface area contributed by atoms with Crippen molar-refractivity contribution in [3.8, 4) is 0 Å². The lowest BCUT2D eigenvalue weighted by molar-refractivity contribution is -0.383. The minimum absolute atomic E-state index is 0.0466. The second-order valence-corrected chi connectivity index (χ2v) is 6.44. The van der Waals surface area contributed by atoms with Crippen molar-refractivity contribution in [1.29, 1.82) is 0 Å². The molecule has 2 heterocycles. The van der Waals surface area contributed by atoms with Gasteiger partial charge in [-0.1, -0.05) is 11.3 Å². The Morgan fingerprint density at radius 1 is 1.39 bits per heavy atom. The molecule has 0 spiro atoms. The summed E-state index contributed by atoms with van der Waals surface area (Å²) in [4.78, 5) is 30.2. The van der Waals surface area contributed by atoms with Crippen molar-refractivity contribution in [2.75, 3.05) is 23.7 Å². The molecule has 1 aromatic heterocycles. The van der Waals surface area contributed by atoms with Gasteiger partial charge in [-0.05, 0) is 31.9 Å².